The van der Waals surface area contributed by atoms with E-state index in [0.29, 0.717) is 17.1 Å². The molecule has 4 nitrogen and oxygen atoms in total. The normalized spacial score (nSPS) is 11.6. The fourth-order valence-electron chi connectivity index (χ4n) is 1.51. The molecule has 0 fully saturated rings. The number of carboxylic acid groups (broad SMARTS) is 1. The molecular weight excluding hydrogens is 296 g/mol. The maximum Gasteiger partial charge on any atom is 0.303 e. The number of aliphatic carboxylic acids is 1. The molecule has 0 heterocycles. The van der Waals surface area contributed by atoms with Gasteiger partial charge in [-0.25, -0.2) is 0 Å². The van der Waals surface area contributed by atoms with E-state index in [4.69, 9.17) is 14.6 Å². The number of hydrogen-bond acceptors (Lipinski definition) is 5. The Morgan fingerprint density at radius 1 is 1.15 bits per heavy atom. The van der Waals surface area contributed by atoms with Crippen LogP contribution >= 0.6 is 23.5 Å². The number of rotatable bonds is 15. The zero-order valence-electron chi connectivity index (χ0n) is 11.8. The molecular formula is C14H24O4S2. The summed E-state index contributed by atoms with van der Waals surface area (Å²) in [6, 6.07) is 0. The van der Waals surface area contributed by atoms with Crippen molar-refractivity contribution < 1.29 is 19.4 Å². The summed E-state index contributed by atoms with van der Waals surface area (Å²) < 4.78 is 10.2. The van der Waals surface area contributed by atoms with E-state index in [1.807, 2.05) is 0 Å². The van der Waals surface area contributed by atoms with Gasteiger partial charge in [-0.1, -0.05) is 19.6 Å². The first kappa shape index (κ1) is 19.2. The molecule has 0 aliphatic carbocycles. The highest BCUT2D eigenvalue weighted by Gasteiger charge is 2.10. The second kappa shape index (κ2) is 14.7. The molecule has 6 heteroatoms. The largest absolute Gasteiger partial charge is 0.491 e. The van der Waals surface area contributed by atoms with Crippen molar-refractivity contribution >= 4 is 29.5 Å². The molecule has 0 aromatic heterocycles. The first-order valence-electron chi connectivity index (χ1n) is 6.56. The predicted octanol–water partition coefficient (Wildman–Crippen LogP) is 4.09. The molecule has 0 aliphatic heterocycles. The van der Waals surface area contributed by atoms with Crippen LogP contribution in [0.15, 0.2) is 25.7 Å². The van der Waals surface area contributed by atoms with E-state index in [2.05, 4.69) is 13.2 Å². The lowest BCUT2D eigenvalue weighted by atomic mass is 10.1. The van der Waals surface area contributed by atoms with E-state index in [9.17, 15) is 4.79 Å². The molecule has 0 saturated carbocycles. The monoisotopic (exact) mass is 320 g/mol. The van der Waals surface area contributed by atoms with E-state index in [0.717, 1.165) is 31.4 Å². The molecule has 20 heavy (non-hydrogen) atoms. The second-order valence-electron chi connectivity index (χ2n) is 4.03. The van der Waals surface area contributed by atoms with Crippen molar-refractivity contribution in [2.75, 3.05) is 17.6 Å². The van der Waals surface area contributed by atoms with Crippen molar-refractivity contribution in [3.05, 3.63) is 25.7 Å². The molecule has 1 unspecified atom stereocenters. The number of unbranched alkanes of at least 4 members (excludes halogenated alkanes) is 1. The molecule has 0 spiro atoms. The molecule has 0 radical (unpaired) electrons. The maximum absolute atomic E-state index is 10.5. The molecule has 1 N–H and O–H groups in total. The number of hydrogen-bond donors (Lipinski definition) is 1. The zero-order chi connectivity index (χ0) is 15.1. The highest BCUT2D eigenvalue weighted by molar-refractivity contribution is 8.00. The molecule has 0 saturated heterocycles. The topological polar surface area (TPSA) is 55.8 Å². The fraction of sp³-hybridized carbons (Fsp3) is 0.643. The molecule has 116 valence electrons. The smallest absolute Gasteiger partial charge is 0.303 e. The van der Waals surface area contributed by atoms with Gasteiger partial charge in [-0.05, 0) is 25.0 Å². The first-order valence-corrected chi connectivity index (χ1v) is 8.77. The van der Waals surface area contributed by atoms with E-state index in [1.54, 1.807) is 23.5 Å². The highest BCUT2D eigenvalue weighted by atomic mass is 32.2. The van der Waals surface area contributed by atoms with Gasteiger partial charge in [-0.15, -0.1) is 23.5 Å². The molecule has 0 amide bonds. The summed E-state index contributed by atoms with van der Waals surface area (Å²) in [4.78, 5) is 10.5. The van der Waals surface area contributed by atoms with Crippen LogP contribution in [0.5, 0.6) is 0 Å². The van der Waals surface area contributed by atoms with Crippen molar-refractivity contribution in [3.63, 3.8) is 0 Å². The third kappa shape index (κ3) is 13.7. The highest BCUT2D eigenvalue weighted by Crippen LogP contribution is 2.23. The molecule has 0 aromatic carbocycles. The van der Waals surface area contributed by atoms with Crippen molar-refractivity contribution in [3.8, 4) is 0 Å². The Balaban J connectivity index is 3.77. The minimum absolute atomic E-state index is 0.252. The molecule has 0 bridgehead atoms. The van der Waals surface area contributed by atoms with Crippen molar-refractivity contribution in [2.45, 2.75) is 37.4 Å². The van der Waals surface area contributed by atoms with Crippen LogP contribution in [-0.4, -0.2) is 34.0 Å². The van der Waals surface area contributed by atoms with Gasteiger partial charge in [0.1, 0.15) is 11.9 Å². The van der Waals surface area contributed by atoms with E-state index >= 15 is 0 Å². The first-order chi connectivity index (χ1) is 9.70. The summed E-state index contributed by atoms with van der Waals surface area (Å²) in [6.07, 6.45) is 6.89. The van der Waals surface area contributed by atoms with Gasteiger partial charge in [0.25, 0.3) is 0 Å². The molecule has 0 rings (SSSR count). The van der Waals surface area contributed by atoms with Gasteiger partial charge in [0, 0.05) is 11.7 Å². The van der Waals surface area contributed by atoms with E-state index in [-0.39, 0.29) is 6.42 Å². The van der Waals surface area contributed by atoms with Gasteiger partial charge in [-0.2, -0.15) is 0 Å². The van der Waals surface area contributed by atoms with Gasteiger partial charge in [0.2, 0.25) is 0 Å². The van der Waals surface area contributed by atoms with Gasteiger partial charge < -0.3 is 14.6 Å². The van der Waals surface area contributed by atoms with Crippen molar-refractivity contribution in [2.24, 2.45) is 0 Å². The minimum Gasteiger partial charge on any atom is -0.491 e. The standard InChI is InChI=1S/C14H24O4S2/c1-3-17-11-19-10-9-13(20-12-18-4-2)7-5-6-8-14(15)16/h3-4,13H,1-2,5-12H2,(H,15,16). The average molecular weight is 320 g/mol. The van der Waals surface area contributed by atoms with Gasteiger partial charge in [0.15, 0.2) is 0 Å². The van der Waals surface area contributed by atoms with Crippen LogP contribution in [-0.2, 0) is 14.3 Å². The number of ether oxygens (including phenoxy) is 2. The lowest BCUT2D eigenvalue weighted by molar-refractivity contribution is -0.137. The van der Waals surface area contributed by atoms with E-state index < -0.39 is 5.97 Å². The Bertz CT molecular complexity index is 272. The van der Waals surface area contributed by atoms with Crippen LogP contribution in [0.4, 0.5) is 0 Å². The number of carbonyl (C=O) groups is 1. The van der Waals surface area contributed by atoms with Gasteiger partial charge >= 0.3 is 5.97 Å². The van der Waals surface area contributed by atoms with Crippen LogP contribution in [0.2, 0.25) is 0 Å². The second-order valence-corrected chi connectivity index (χ2v) is 6.32. The van der Waals surface area contributed by atoms with Crippen LogP contribution in [0.3, 0.4) is 0 Å². The van der Waals surface area contributed by atoms with Gasteiger partial charge in [-0.3, -0.25) is 4.79 Å². The Morgan fingerprint density at radius 2 is 1.85 bits per heavy atom. The minimum atomic E-state index is -0.721. The summed E-state index contributed by atoms with van der Waals surface area (Å²) in [5.74, 6) is 1.52. The summed E-state index contributed by atoms with van der Waals surface area (Å²) in [5, 5.41) is 9.10. The zero-order valence-corrected chi connectivity index (χ0v) is 13.4. The Morgan fingerprint density at radius 3 is 2.50 bits per heavy atom. The van der Waals surface area contributed by atoms with Crippen LogP contribution in [0.25, 0.3) is 0 Å². The van der Waals surface area contributed by atoms with Crippen molar-refractivity contribution in [1.29, 1.82) is 0 Å². The number of carboxylic acids is 1. The van der Waals surface area contributed by atoms with Crippen LogP contribution in [0, 0.1) is 0 Å². The average Bonchev–Trinajstić information content (AvgIpc) is 2.42. The fourth-order valence-corrected chi connectivity index (χ4v) is 3.41. The summed E-state index contributed by atoms with van der Waals surface area (Å²) in [6.45, 7) is 7.01. The lowest BCUT2D eigenvalue weighted by Gasteiger charge is -2.15. The third-order valence-electron chi connectivity index (χ3n) is 2.51. The Hall–Kier alpha value is -0.750. The Labute approximate surface area is 130 Å². The van der Waals surface area contributed by atoms with Gasteiger partial charge in [0.05, 0.1) is 12.5 Å². The summed E-state index contributed by atoms with van der Waals surface area (Å²) >= 11 is 3.48. The summed E-state index contributed by atoms with van der Waals surface area (Å²) in [5.41, 5.74) is 0. The third-order valence-corrected chi connectivity index (χ3v) is 4.55. The maximum atomic E-state index is 10.5. The van der Waals surface area contributed by atoms with E-state index in [1.165, 1.54) is 12.5 Å². The Kier molecular flexibility index (Phi) is 14.1. The summed E-state index contributed by atoms with van der Waals surface area (Å²) in [7, 11) is 0. The molecule has 0 aliphatic rings. The number of thioether (sulfide) groups is 2. The van der Waals surface area contributed by atoms with Crippen molar-refractivity contribution in [1.82, 2.24) is 0 Å². The van der Waals surface area contributed by atoms with Crippen LogP contribution in [0.1, 0.15) is 32.1 Å². The molecule has 0 aromatic rings. The quantitative estimate of drug-likeness (QED) is 0.279. The molecule has 1 atom stereocenters. The lowest BCUT2D eigenvalue weighted by Crippen LogP contribution is -2.07. The van der Waals surface area contributed by atoms with Crippen LogP contribution < -0.4 is 0 Å². The SMILES string of the molecule is C=COCSCCC(CCCCC(=O)O)SCOC=C. The predicted molar refractivity (Wildman–Crippen MR) is 86.9 cm³/mol.